The highest BCUT2D eigenvalue weighted by Crippen LogP contribution is 2.05. The zero-order valence-corrected chi connectivity index (χ0v) is 13.9. The van der Waals surface area contributed by atoms with Gasteiger partial charge in [0.05, 0.1) is 6.04 Å². The van der Waals surface area contributed by atoms with Crippen LogP contribution in [-0.4, -0.2) is 53.5 Å². The van der Waals surface area contributed by atoms with Gasteiger partial charge in [0.1, 0.15) is 18.6 Å². The predicted molar refractivity (Wildman–Crippen MR) is 83.3 cm³/mol. The summed E-state index contributed by atoms with van der Waals surface area (Å²) < 4.78 is 0. The van der Waals surface area contributed by atoms with Crippen molar-refractivity contribution in [3.63, 3.8) is 0 Å². The largest absolute Gasteiger partial charge is 0.480 e. The molecule has 6 N–H and O–H groups in total. The number of carboxylic acids is 1. The molecule has 0 aromatic rings. The van der Waals surface area contributed by atoms with Crippen molar-refractivity contribution in [3.05, 3.63) is 0 Å². The molecule has 0 rings (SSSR count). The predicted octanol–water partition coefficient (Wildman–Crippen LogP) is -1.43. The first-order valence-corrected chi connectivity index (χ1v) is 7.40. The summed E-state index contributed by atoms with van der Waals surface area (Å²) in [5.74, 6) is -2.69. The molecule has 3 amide bonds. The molecule has 0 saturated heterocycles. The minimum atomic E-state index is -1.18. The van der Waals surface area contributed by atoms with Crippen LogP contribution in [0.5, 0.6) is 0 Å². The second-order valence-electron chi connectivity index (χ2n) is 5.82. The third-order valence-electron chi connectivity index (χ3n) is 2.92. The molecule has 0 bridgehead atoms. The van der Waals surface area contributed by atoms with Crippen LogP contribution < -0.4 is 21.7 Å². The van der Waals surface area contributed by atoms with Crippen molar-refractivity contribution in [2.45, 2.75) is 52.2 Å². The maximum Gasteiger partial charge on any atom is 0.322 e. The lowest BCUT2D eigenvalue weighted by atomic mass is 10.0. The number of aliphatic carboxylic acids is 1. The van der Waals surface area contributed by atoms with Crippen LogP contribution in [0.4, 0.5) is 0 Å². The topological polar surface area (TPSA) is 151 Å². The van der Waals surface area contributed by atoms with Crippen molar-refractivity contribution in [1.82, 2.24) is 16.0 Å². The van der Waals surface area contributed by atoms with Crippen LogP contribution >= 0.6 is 0 Å². The lowest BCUT2D eigenvalue weighted by Gasteiger charge is -2.22. The molecule has 3 atom stereocenters. The van der Waals surface area contributed by atoms with Gasteiger partial charge in [0.25, 0.3) is 0 Å². The number of rotatable bonds is 9. The first-order valence-electron chi connectivity index (χ1n) is 7.40. The van der Waals surface area contributed by atoms with Crippen molar-refractivity contribution in [1.29, 1.82) is 0 Å². The van der Waals surface area contributed by atoms with Crippen molar-refractivity contribution in [3.8, 4) is 0 Å². The molecule has 9 nitrogen and oxygen atoms in total. The lowest BCUT2D eigenvalue weighted by molar-refractivity contribution is -0.138. The molecule has 0 spiro atoms. The zero-order valence-electron chi connectivity index (χ0n) is 13.9. The Kier molecular flexibility index (Phi) is 8.86. The van der Waals surface area contributed by atoms with Crippen LogP contribution in [0, 0.1) is 5.92 Å². The van der Waals surface area contributed by atoms with Gasteiger partial charge in [-0.3, -0.25) is 19.2 Å². The number of carbonyl (C=O) groups is 4. The van der Waals surface area contributed by atoms with Gasteiger partial charge in [-0.2, -0.15) is 0 Å². The van der Waals surface area contributed by atoms with Gasteiger partial charge in [-0.05, 0) is 26.2 Å². The maximum atomic E-state index is 12.1. The number of carboxylic acid groups (broad SMARTS) is 1. The van der Waals surface area contributed by atoms with E-state index in [0.717, 1.165) is 0 Å². The zero-order chi connectivity index (χ0) is 18.2. The number of nitrogens with two attached hydrogens (primary N) is 1. The Morgan fingerprint density at radius 3 is 1.96 bits per heavy atom. The lowest BCUT2D eigenvalue weighted by Crippen LogP contribution is -2.55. The summed E-state index contributed by atoms with van der Waals surface area (Å²) in [6.07, 6.45) is 0.338. The standard InChI is InChI=1S/C14H26N4O5/c1-7(2)5-10(14(23)16-6-11(19)20)18-13(22)9(4)17-12(21)8(3)15/h7-10H,5-6,15H2,1-4H3,(H,16,23)(H,17,21)(H,18,22)(H,19,20). The summed E-state index contributed by atoms with van der Waals surface area (Å²) >= 11 is 0. The molecule has 9 heteroatoms. The molecule has 0 heterocycles. The fourth-order valence-electron chi connectivity index (χ4n) is 1.70. The fraction of sp³-hybridized carbons (Fsp3) is 0.714. The number of hydrogen-bond acceptors (Lipinski definition) is 5. The van der Waals surface area contributed by atoms with E-state index in [1.807, 2.05) is 13.8 Å². The molecule has 23 heavy (non-hydrogen) atoms. The summed E-state index contributed by atoms with van der Waals surface area (Å²) in [4.78, 5) is 46.0. The molecule has 0 radical (unpaired) electrons. The van der Waals surface area contributed by atoms with Crippen molar-refractivity contribution >= 4 is 23.7 Å². The van der Waals surface area contributed by atoms with Crippen molar-refractivity contribution in [2.24, 2.45) is 11.7 Å². The van der Waals surface area contributed by atoms with Crippen LogP contribution in [0.1, 0.15) is 34.1 Å². The Hall–Kier alpha value is -2.16. The maximum absolute atomic E-state index is 12.1. The van der Waals surface area contributed by atoms with E-state index in [0.29, 0.717) is 6.42 Å². The third-order valence-corrected chi connectivity index (χ3v) is 2.92. The van der Waals surface area contributed by atoms with Gasteiger partial charge >= 0.3 is 5.97 Å². The van der Waals surface area contributed by atoms with E-state index in [4.69, 9.17) is 10.8 Å². The Morgan fingerprint density at radius 1 is 0.957 bits per heavy atom. The van der Waals surface area contributed by atoms with Crippen LogP contribution in [0.25, 0.3) is 0 Å². The first kappa shape index (κ1) is 20.8. The van der Waals surface area contributed by atoms with Gasteiger partial charge in [-0.15, -0.1) is 0 Å². The van der Waals surface area contributed by atoms with Gasteiger partial charge in [0.2, 0.25) is 17.7 Å². The smallest absolute Gasteiger partial charge is 0.322 e. The van der Waals surface area contributed by atoms with E-state index < -0.39 is 48.4 Å². The number of amides is 3. The molecule has 0 aliphatic heterocycles. The third kappa shape index (κ3) is 8.77. The first-order chi connectivity index (χ1) is 10.5. The number of hydrogen-bond donors (Lipinski definition) is 5. The molecule has 0 fully saturated rings. The highest BCUT2D eigenvalue weighted by Gasteiger charge is 2.25. The molecular weight excluding hydrogens is 304 g/mol. The van der Waals surface area contributed by atoms with Gasteiger partial charge in [-0.1, -0.05) is 13.8 Å². The van der Waals surface area contributed by atoms with Gasteiger partial charge in [0.15, 0.2) is 0 Å². The minimum Gasteiger partial charge on any atom is -0.480 e. The van der Waals surface area contributed by atoms with Gasteiger partial charge < -0.3 is 26.8 Å². The molecule has 132 valence electrons. The highest BCUT2D eigenvalue weighted by atomic mass is 16.4. The van der Waals surface area contributed by atoms with E-state index in [2.05, 4.69) is 16.0 Å². The van der Waals surface area contributed by atoms with Gasteiger partial charge in [-0.25, -0.2) is 0 Å². The quantitative estimate of drug-likeness (QED) is 0.350. The van der Waals surface area contributed by atoms with E-state index in [1.54, 1.807) is 0 Å². The van der Waals surface area contributed by atoms with E-state index >= 15 is 0 Å². The summed E-state index contributed by atoms with van der Waals surface area (Å²) in [5, 5.41) is 15.8. The minimum absolute atomic E-state index is 0.102. The van der Waals surface area contributed by atoms with E-state index in [-0.39, 0.29) is 5.92 Å². The van der Waals surface area contributed by atoms with Gasteiger partial charge in [0, 0.05) is 0 Å². The average Bonchev–Trinajstić information content (AvgIpc) is 2.42. The Labute approximate surface area is 135 Å². The molecule has 0 aliphatic carbocycles. The van der Waals surface area contributed by atoms with Crippen LogP contribution in [0.15, 0.2) is 0 Å². The SMILES string of the molecule is CC(C)CC(NC(=O)C(C)NC(=O)C(C)N)C(=O)NCC(=O)O. The fourth-order valence-corrected chi connectivity index (χ4v) is 1.70. The highest BCUT2D eigenvalue weighted by molar-refractivity contribution is 5.93. The van der Waals surface area contributed by atoms with Crippen LogP contribution in [-0.2, 0) is 19.2 Å². The summed E-state index contributed by atoms with van der Waals surface area (Å²) in [6.45, 7) is 6.16. The molecular formula is C14H26N4O5. The monoisotopic (exact) mass is 330 g/mol. The summed E-state index contributed by atoms with van der Waals surface area (Å²) in [6, 6.07) is -2.50. The van der Waals surface area contributed by atoms with E-state index in [9.17, 15) is 19.2 Å². The van der Waals surface area contributed by atoms with Crippen molar-refractivity contribution in [2.75, 3.05) is 6.54 Å². The number of carbonyl (C=O) groups excluding carboxylic acids is 3. The molecule has 0 aromatic heterocycles. The molecule has 0 aromatic carbocycles. The summed E-state index contributed by atoms with van der Waals surface area (Å²) in [5.41, 5.74) is 5.40. The summed E-state index contributed by atoms with van der Waals surface area (Å²) in [7, 11) is 0. The molecule has 0 saturated carbocycles. The van der Waals surface area contributed by atoms with Crippen LogP contribution in [0.2, 0.25) is 0 Å². The van der Waals surface area contributed by atoms with Crippen LogP contribution in [0.3, 0.4) is 0 Å². The molecule has 3 unspecified atom stereocenters. The Bertz CT molecular complexity index is 450. The average molecular weight is 330 g/mol. The Balaban J connectivity index is 4.74. The number of nitrogens with one attached hydrogen (secondary N) is 3. The Morgan fingerprint density at radius 2 is 1.52 bits per heavy atom. The second kappa shape index (κ2) is 9.78. The van der Waals surface area contributed by atoms with E-state index in [1.165, 1.54) is 13.8 Å². The van der Waals surface area contributed by atoms with Crippen molar-refractivity contribution < 1.29 is 24.3 Å². The second-order valence-corrected chi connectivity index (χ2v) is 5.82. The molecule has 0 aliphatic rings. The normalized spacial score (nSPS) is 14.5.